The average molecular weight is 171 g/mol. The van der Waals surface area contributed by atoms with Crippen molar-refractivity contribution >= 4 is 16.7 Å². The van der Waals surface area contributed by atoms with Crippen molar-refractivity contribution < 1.29 is 34.7 Å². The van der Waals surface area contributed by atoms with E-state index < -0.39 is 0 Å². The summed E-state index contributed by atoms with van der Waals surface area (Å²) in [4.78, 5) is 6.24. The third-order valence-corrected chi connectivity index (χ3v) is 1.48. The van der Waals surface area contributed by atoms with Crippen molar-refractivity contribution in [1.82, 2.24) is 9.97 Å². The van der Waals surface area contributed by atoms with Gasteiger partial charge in [-0.15, -0.1) is 0 Å². The minimum absolute atomic E-state index is 0. The Labute approximate surface area is 91.1 Å². The zero-order chi connectivity index (χ0) is 7.84. The van der Waals surface area contributed by atoms with E-state index in [1.807, 2.05) is 0 Å². The molecule has 0 aliphatic rings. The number of hydrogen-bond donors (Lipinski definition) is 2. The van der Waals surface area contributed by atoms with Crippen molar-refractivity contribution in [2.75, 3.05) is 5.73 Å². The molecule has 0 bridgehead atoms. The number of fused-ring (bicyclic) bond motifs is 1. The molecule has 0 unspecified atom stereocenters. The van der Waals surface area contributed by atoms with Crippen LogP contribution in [0.25, 0.3) is 11.0 Å². The van der Waals surface area contributed by atoms with Crippen LogP contribution in [-0.4, -0.2) is 9.97 Å². The van der Waals surface area contributed by atoms with E-state index in [9.17, 15) is 5.11 Å². The molecule has 0 saturated carbocycles. The molecule has 1 aromatic carbocycles. The fourth-order valence-electron chi connectivity index (χ4n) is 1.00. The van der Waals surface area contributed by atoms with E-state index in [2.05, 4.69) is 9.97 Å². The summed E-state index contributed by atoms with van der Waals surface area (Å²) in [5.41, 5.74) is 7.46. The molecule has 0 fully saturated rings. The van der Waals surface area contributed by atoms with Crippen LogP contribution >= 0.6 is 0 Å². The summed E-state index contributed by atoms with van der Waals surface area (Å²) in [5.74, 6) is 0. The molecule has 0 saturated heterocycles. The third-order valence-electron chi connectivity index (χ3n) is 1.48. The fourth-order valence-corrected chi connectivity index (χ4v) is 1.00. The predicted molar refractivity (Wildman–Crippen MR) is 40.0 cm³/mol. The zero-order valence-corrected chi connectivity index (χ0v) is 8.66. The molecule has 0 aliphatic carbocycles. The van der Waals surface area contributed by atoms with E-state index in [-0.39, 0.29) is 35.6 Å². The summed E-state index contributed by atoms with van der Waals surface area (Å²) in [7, 11) is 0. The van der Waals surface area contributed by atoms with Crippen molar-refractivity contribution in [2.45, 2.75) is 0 Å². The van der Waals surface area contributed by atoms with Gasteiger partial charge in [0.2, 0.25) is 0 Å². The number of benzene rings is 1. The van der Waals surface area contributed by atoms with Gasteiger partial charge in [-0.25, -0.2) is 4.98 Å². The molecule has 2 aromatic rings. The molecule has 1 aromatic heterocycles. The van der Waals surface area contributed by atoms with Crippen LogP contribution < -0.4 is 40.4 Å². The molecular weight excluding hydrogens is 165 g/mol. The molecule has 4 nitrogen and oxygen atoms in total. The van der Waals surface area contributed by atoms with Crippen LogP contribution in [-0.2, 0) is 0 Å². The molecule has 0 radical (unpaired) electrons. The second-order valence-corrected chi connectivity index (χ2v) is 2.32. The van der Waals surface area contributed by atoms with Gasteiger partial charge in [-0.05, 0) is 18.2 Å². The maximum Gasteiger partial charge on any atom is 1.00 e. The Morgan fingerprint density at radius 1 is 1.42 bits per heavy atom. The number of rotatable bonds is 0. The Bertz CT molecular complexity index is 398. The van der Waals surface area contributed by atoms with Gasteiger partial charge in [0.1, 0.15) is 0 Å². The van der Waals surface area contributed by atoms with Gasteiger partial charge in [0.15, 0.2) is 0 Å². The molecular formula is C7H6N3NaO. The van der Waals surface area contributed by atoms with Gasteiger partial charge in [0, 0.05) is 5.69 Å². The number of imidazole rings is 1. The van der Waals surface area contributed by atoms with Crippen molar-refractivity contribution in [2.24, 2.45) is 0 Å². The standard InChI is InChI=1S/C7H7N3O.Na/c8-4-1-2-5-6(3-4)10-7(11)9-5;/h1-3H,8H2,(H2,9,10,11);/q;+1/p-1. The van der Waals surface area contributed by atoms with E-state index in [1.54, 1.807) is 18.2 Å². The Morgan fingerprint density at radius 3 is 2.92 bits per heavy atom. The molecule has 0 spiro atoms. The van der Waals surface area contributed by atoms with E-state index in [4.69, 9.17) is 5.73 Å². The Kier molecular flexibility index (Phi) is 2.62. The van der Waals surface area contributed by atoms with Gasteiger partial charge in [-0.2, -0.15) is 0 Å². The molecule has 12 heavy (non-hydrogen) atoms. The Balaban J connectivity index is 0.000000720. The summed E-state index contributed by atoms with van der Waals surface area (Å²) >= 11 is 0. The van der Waals surface area contributed by atoms with Crippen LogP contribution in [0.3, 0.4) is 0 Å². The maximum atomic E-state index is 10.7. The first-order chi connectivity index (χ1) is 5.25. The Morgan fingerprint density at radius 2 is 2.17 bits per heavy atom. The van der Waals surface area contributed by atoms with Gasteiger partial charge in [0.25, 0.3) is 0 Å². The first-order valence-corrected chi connectivity index (χ1v) is 3.18. The van der Waals surface area contributed by atoms with Crippen molar-refractivity contribution in [3.63, 3.8) is 0 Å². The van der Waals surface area contributed by atoms with E-state index in [0.717, 1.165) is 0 Å². The van der Waals surface area contributed by atoms with E-state index in [0.29, 0.717) is 16.7 Å². The van der Waals surface area contributed by atoms with Gasteiger partial charge >= 0.3 is 29.6 Å². The monoisotopic (exact) mass is 171 g/mol. The summed E-state index contributed by atoms with van der Waals surface area (Å²) in [6.45, 7) is 0. The zero-order valence-electron chi connectivity index (χ0n) is 6.66. The number of nitrogens with one attached hydrogen (secondary N) is 1. The third kappa shape index (κ3) is 1.55. The van der Waals surface area contributed by atoms with E-state index >= 15 is 0 Å². The maximum absolute atomic E-state index is 10.7. The van der Waals surface area contributed by atoms with Crippen LogP contribution in [0.15, 0.2) is 18.2 Å². The largest absolute Gasteiger partial charge is 1.00 e. The molecule has 0 aliphatic heterocycles. The summed E-state index contributed by atoms with van der Waals surface area (Å²) < 4.78 is 0. The number of nitrogens with zero attached hydrogens (tertiary/aromatic N) is 1. The topological polar surface area (TPSA) is 77.8 Å². The second-order valence-electron chi connectivity index (χ2n) is 2.32. The minimum atomic E-state index is -0.328. The van der Waals surface area contributed by atoms with Crippen LogP contribution in [0.5, 0.6) is 6.01 Å². The first kappa shape index (κ1) is 9.38. The molecule has 0 amide bonds. The quantitative estimate of drug-likeness (QED) is 0.332. The van der Waals surface area contributed by atoms with Crippen molar-refractivity contribution in [3.8, 4) is 6.01 Å². The van der Waals surface area contributed by atoms with Crippen molar-refractivity contribution in [1.29, 1.82) is 0 Å². The number of nitrogens with two attached hydrogens (primary N) is 1. The van der Waals surface area contributed by atoms with Gasteiger partial charge in [-0.3, -0.25) is 0 Å². The van der Waals surface area contributed by atoms with Gasteiger partial charge in [-0.1, -0.05) is 0 Å². The van der Waals surface area contributed by atoms with Crippen LogP contribution in [0, 0.1) is 0 Å². The second kappa shape index (κ2) is 3.35. The summed E-state index contributed by atoms with van der Waals surface area (Å²) in [5, 5.41) is 10.7. The van der Waals surface area contributed by atoms with Crippen LogP contribution in [0.1, 0.15) is 0 Å². The number of aromatic nitrogens is 2. The summed E-state index contributed by atoms with van der Waals surface area (Å²) in [6.07, 6.45) is 0. The van der Waals surface area contributed by atoms with E-state index in [1.165, 1.54) is 0 Å². The number of hydrogen-bond acceptors (Lipinski definition) is 3. The normalized spacial score (nSPS) is 9.67. The Hall–Kier alpha value is -0.710. The number of aromatic amines is 1. The minimum Gasteiger partial charge on any atom is -0.846 e. The van der Waals surface area contributed by atoms with Gasteiger partial charge < -0.3 is 15.8 Å². The number of anilines is 1. The molecule has 56 valence electrons. The number of nitrogen functional groups attached to an aromatic ring is 1. The van der Waals surface area contributed by atoms with Crippen molar-refractivity contribution in [3.05, 3.63) is 18.2 Å². The molecule has 3 N–H and O–H groups in total. The molecule has 0 atom stereocenters. The first-order valence-electron chi connectivity index (χ1n) is 3.18. The SMILES string of the molecule is Nc1ccc2nc([O-])[nH]c2c1.[Na+]. The predicted octanol–water partition coefficient (Wildman–Crippen LogP) is -2.78. The smallest absolute Gasteiger partial charge is 0.846 e. The van der Waals surface area contributed by atoms with Crippen LogP contribution in [0.4, 0.5) is 5.69 Å². The van der Waals surface area contributed by atoms with Gasteiger partial charge in [0.05, 0.1) is 17.0 Å². The molecule has 5 heteroatoms. The fraction of sp³-hybridized carbons (Fsp3) is 0. The number of H-pyrrole nitrogens is 1. The average Bonchev–Trinajstić information content (AvgIpc) is 2.27. The molecule has 2 rings (SSSR count). The van der Waals surface area contributed by atoms with Crippen LogP contribution in [0.2, 0.25) is 0 Å². The summed E-state index contributed by atoms with van der Waals surface area (Å²) in [6, 6.07) is 4.78. The molecule has 1 heterocycles.